The van der Waals surface area contributed by atoms with Crippen molar-refractivity contribution in [1.82, 2.24) is 0 Å². The van der Waals surface area contributed by atoms with Gasteiger partial charge in [0.05, 0.1) is 0 Å². The van der Waals surface area contributed by atoms with Gasteiger partial charge in [-0.1, -0.05) is 39.2 Å². The molecule has 0 saturated heterocycles. The van der Waals surface area contributed by atoms with Gasteiger partial charge >= 0.3 is 0 Å². The van der Waals surface area contributed by atoms with Crippen LogP contribution in [0.3, 0.4) is 0 Å². The number of hydrogen-bond donors (Lipinski definition) is 0. The molecule has 1 heteroatoms. The predicted octanol–water partition coefficient (Wildman–Crippen LogP) is 3.74. The van der Waals surface area contributed by atoms with Gasteiger partial charge in [0, 0.05) is 11.3 Å². The van der Waals surface area contributed by atoms with E-state index in [9.17, 15) is 4.79 Å². The lowest BCUT2D eigenvalue weighted by Crippen LogP contribution is -2.31. The summed E-state index contributed by atoms with van der Waals surface area (Å²) in [4.78, 5) is 12.2. The predicted molar refractivity (Wildman–Crippen MR) is 60.2 cm³/mol. The standard InChI is InChI=1S/C13H22O/c1-4-10-13(2,3)12(14)11-8-6-5-7-9-11/h4,11H,1,5-10H2,2-3H3. The third kappa shape index (κ3) is 2.70. The highest BCUT2D eigenvalue weighted by Crippen LogP contribution is 2.33. The van der Waals surface area contributed by atoms with Gasteiger partial charge in [-0.3, -0.25) is 4.79 Å². The van der Waals surface area contributed by atoms with E-state index >= 15 is 0 Å². The van der Waals surface area contributed by atoms with E-state index in [1.165, 1.54) is 19.3 Å². The van der Waals surface area contributed by atoms with E-state index in [0.717, 1.165) is 19.3 Å². The van der Waals surface area contributed by atoms with Crippen LogP contribution in [0.15, 0.2) is 12.7 Å². The molecule has 0 bridgehead atoms. The molecule has 80 valence electrons. The monoisotopic (exact) mass is 194 g/mol. The topological polar surface area (TPSA) is 17.1 Å². The number of Topliss-reactive ketones (excluding diaryl/α,β-unsaturated/α-hetero) is 1. The number of hydrogen-bond acceptors (Lipinski definition) is 1. The summed E-state index contributed by atoms with van der Waals surface area (Å²) in [5.41, 5.74) is -0.191. The van der Waals surface area contributed by atoms with Gasteiger partial charge < -0.3 is 0 Å². The molecule has 0 aromatic rings. The Morgan fingerprint density at radius 1 is 1.36 bits per heavy atom. The Balaban J connectivity index is 2.57. The molecule has 0 aromatic heterocycles. The molecule has 1 saturated carbocycles. The van der Waals surface area contributed by atoms with Gasteiger partial charge in [-0.2, -0.15) is 0 Å². The average molecular weight is 194 g/mol. The van der Waals surface area contributed by atoms with Crippen LogP contribution >= 0.6 is 0 Å². The lowest BCUT2D eigenvalue weighted by Gasteiger charge is -2.29. The van der Waals surface area contributed by atoms with E-state index in [2.05, 4.69) is 6.58 Å². The Morgan fingerprint density at radius 3 is 2.43 bits per heavy atom. The van der Waals surface area contributed by atoms with Gasteiger partial charge in [0.15, 0.2) is 0 Å². The zero-order valence-corrected chi connectivity index (χ0v) is 9.51. The minimum absolute atomic E-state index is 0.191. The van der Waals surface area contributed by atoms with Crippen LogP contribution in [0.2, 0.25) is 0 Å². The van der Waals surface area contributed by atoms with Crippen molar-refractivity contribution in [2.75, 3.05) is 0 Å². The molecule has 1 aliphatic rings. The van der Waals surface area contributed by atoms with Crippen LogP contribution in [0, 0.1) is 11.3 Å². The van der Waals surface area contributed by atoms with Crippen molar-refractivity contribution in [3.63, 3.8) is 0 Å². The second-order valence-electron chi connectivity index (χ2n) is 5.08. The maximum atomic E-state index is 12.2. The van der Waals surface area contributed by atoms with Crippen molar-refractivity contribution in [3.8, 4) is 0 Å². The van der Waals surface area contributed by atoms with E-state index < -0.39 is 0 Å². The summed E-state index contributed by atoms with van der Waals surface area (Å²) < 4.78 is 0. The largest absolute Gasteiger partial charge is 0.299 e. The van der Waals surface area contributed by atoms with Gasteiger partial charge in [0.2, 0.25) is 0 Å². The molecule has 0 aliphatic heterocycles. The lowest BCUT2D eigenvalue weighted by atomic mass is 9.74. The lowest BCUT2D eigenvalue weighted by molar-refractivity contribution is -0.132. The third-order valence-electron chi connectivity index (χ3n) is 3.30. The summed E-state index contributed by atoms with van der Waals surface area (Å²) in [7, 11) is 0. The van der Waals surface area contributed by atoms with E-state index in [4.69, 9.17) is 0 Å². The summed E-state index contributed by atoms with van der Waals surface area (Å²) in [5.74, 6) is 0.788. The van der Waals surface area contributed by atoms with Gasteiger partial charge in [-0.25, -0.2) is 0 Å². The quantitative estimate of drug-likeness (QED) is 0.623. The molecule has 1 nitrogen and oxygen atoms in total. The molecule has 0 unspecified atom stereocenters. The van der Waals surface area contributed by atoms with Gasteiger partial charge in [-0.15, -0.1) is 6.58 Å². The molecule has 1 fully saturated rings. The number of ketones is 1. The smallest absolute Gasteiger partial charge is 0.141 e. The summed E-state index contributed by atoms with van der Waals surface area (Å²) in [6, 6.07) is 0. The van der Waals surface area contributed by atoms with Gasteiger partial charge in [-0.05, 0) is 19.3 Å². The molecule has 1 rings (SSSR count). The van der Waals surface area contributed by atoms with E-state index in [0.29, 0.717) is 11.7 Å². The zero-order valence-electron chi connectivity index (χ0n) is 9.51. The Hall–Kier alpha value is -0.590. The minimum Gasteiger partial charge on any atom is -0.299 e. The van der Waals surface area contributed by atoms with Gasteiger partial charge in [0.25, 0.3) is 0 Å². The highest BCUT2D eigenvalue weighted by molar-refractivity contribution is 5.86. The van der Waals surface area contributed by atoms with Crippen LogP contribution < -0.4 is 0 Å². The van der Waals surface area contributed by atoms with Crippen LogP contribution in [-0.4, -0.2) is 5.78 Å². The first kappa shape index (κ1) is 11.5. The highest BCUT2D eigenvalue weighted by atomic mass is 16.1. The molecule has 0 N–H and O–H groups in total. The molecule has 0 heterocycles. The summed E-state index contributed by atoms with van der Waals surface area (Å²) >= 11 is 0. The van der Waals surface area contributed by atoms with Crippen molar-refractivity contribution in [3.05, 3.63) is 12.7 Å². The fourth-order valence-corrected chi connectivity index (χ4v) is 2.38. The molecule has 0 aromatic carbocycles. The first-order chi connectivity index (χ1) is 6.58. The number of carbonyl (C=O) groups excluding carboxylic acids is 1. The van der Waals surface area contributed by atoms with E-state index in [1.807, 2.05) is 19.9 Å². The number of allylic oxidation sites excluding steroid dienone is 1. The minimum atomic E-state index is -0.191. The van der Waals surface area contributed by atoms with Crippen molar-refractivity contribution < 1.29 is 4.79 Å². The van der Waals surface area contributed by atoms with Crippen molar-refractivity contribution in [2.24, 2.45) is 11.3 Å². The Morgan fingerprint density at radius 2 is 1.93 bits per heavy atom. The zero-order chi connectivity index (χ0) is 10.6. The molecule has 0 amide bonds. The second-order valence-corrected chi connectivity index (χ2v) is 5.08. The van der Waals surface area contributed by atoms with Crippen molar-refractivity contribution in [2.45, 2.75) is 52.4 Å². The molecular formula is C13H22O. The molecular weight excluding hydrogens is 172 g/mol. The molecule has 0 spiro atoms. The molecule has 1 aliphatic carbocycles. The van der Waals surface area contributed by atoms with Crippen LogP contribution in [0.5, 0.6) is 0 Å². The van der Waals surface area contributed by atoms with Crippen LogP contribution in [0.25, 0.3) is 0 Å². The molecule has 0 radical (unpaired) electrons. The fourth-order valence-electron chi connectivity index (χ4n) is 2.38. The van der Waals surface area contributed by atoms with Gasteiger partial charge in [0.1, 0.15) is 5.78 Å². The summed E-state index contributed by atoms with van der Waals surface area (Å²) in [5, 5.41) is 0. The van der Waals surface area contributed by atoms with Crippen molar-refractivity contribution >= 4 is 5.78 Å². The van der Waals surface area contributed by atoms with Crippen LogP contribution in [0.4, 0.5) is 0 Å². The Bertz CT molecular complexity index is 209. The van der Waals surface area contributed by atoms with E-state index in [-0.39, 0.29) is 5.41 Å². The Kier molecular flexibility index (Phi) is 3.91. The van der Waals surface area contributed by atoms with E-state index in [1.54, 1.807) is 0 Å². The average Bonchev–Trinajstić information content (AvgIpc) is 2.18. The van der Waals surface area contributed by atoms with Crippen molar-refractivity contribution in [1.29, 1.82) is 0 Å². The third-order valence-corrected chi connectivity index (χ3v) is 3.30. The summed E-state index contributed by atoms with van der Waals surface area (Å²) in [6.45, 7) is 7.82. The Labute approximate surface area is 87.6 Å². The van der Waals surface area contributed by atoms with Crippen LogP contribution in [0.1, 0.15) is 52.4 Å². The number of carbonyl (C=O) groups is 1. The normalized spacial score (nSPS) is 19.3. The first-order valence-electron chi connectivity index (χ1n) is 5.73. The second kappa shape index (κ2) is 4.77. The molecule has 14 heavy (non-hydrogen) atoms. The SMILES string of the molecule is C=CCC(C)(C)C(=O)C1CCCCC1. The summed E-state index contributed by atoms with van der Waals surface area (Å²) in [6.07, 6.45) is 8.68. The number of rotatable bonds is 4. The molecule has 0 atom stereocenters. The highest BCUT2D eigenvalue weighted by Gasteiger charge is 2.32. The first-order valence-corrected chi connectivity index (χ1v) is 5.73. The maximum Gasteiger partial charge on any atom is 0.141 e. The van der Waals surface area contributed by atoms with Crippen LogP contribution in [-0.2, 0) is 4.79 Å². The fraction of sp³-hybridized carbons (Fsp3) is 0.769. The maximum absolute atomic E-state index is 12.2.